The minimum atomic E-state index is -0.736. The Kier molecular flexibility index (Phi) is 7.89. The van der Waals surface area contributed by atoms with Gasteiger partial charge in [0.1, 0.15) is 0 Å². The van der Waals surface area contributed by atoms with E-state index in [2.05, 4.69) is 20.9 Å². The van der Waals surface area contributed by atoms with E-state index < -0.39 is 12.0 Å². The predicted molar refractivity (Wildman–Crippen MR) is 148 cm³/mol. The van der Waals surface area contributed by atoms with Gasteiger partial charge in [-0.25, -0.2) is 9.79 Å². The molecule has 10 heteroatoms. The topological polar surface area (TPSA) is 82.4 Å². The van der Waals surface area contributed by atoms with Crippen molar-refractivity contribution in [2.24, 2.45) is 4.99 Å². The van der Waals surface area contributed by atoms with Gasteiger partial charge in [-0.1, -0.05) is 23.5 Å². The average molecular weight is 587 g/mol. The molecule has 0 fully saturated rings. The first-order chi connectivity index (χ1) is 17.7. The van der Waals surface area contributed by atoms with E-state index in [1.807, 2.05) is 49.3 Å². The Hall–Kier alpha value is -3.37. The number of thiazole rings is 1. The zero-order chi connectivity index (χ0) is 26.9. The summed E-state index contributed by atoms with van der Waals surface area (Å²) in [6, 6.07) is 10.5. The van der Waals surface area contributed by atoms with Crippen molar-refractivity contribution < 1.29 is 19.0 Å². The number of benzene rings is 2. The van der Waals surface area contributed by atoms with Crippen molar-refractivity contribution in [2.45, 2.75) is 19.9 Å². The second kappa shape index (κ2) is 10.9. The summed E-state index contributed by atoms with van der Waals surface area (Å²) < 4.78 is 19.2. The van der Waals surface area contributed by atoms with Gasteiger partial charge in [-0.05, 0) is 71.2 Å². The molecule has 0 saturated carbocycles. The van der Waals surface area contributed by atoms with Crippen LogP contribution in [0.5, 0.6) is 11.5 Å². The Bertz CT molecular complexity index is 1570. The summed E-state index contributed by atoms with van der Waals surface area (Å²) in [5.41, 5.74) is 3.15. The molecule has 0 bridgehead atoms. The number of nitrogens with zero attached hydrogens (tertiary/aromatic N) is 3. The van der Waals surface area contributed by atoms with Crippen molar-refractivity contribution >= 4 is 45.0 Å². The maximum atomic E-state index is 13.8. The Morgan fingerprint density at radius 3 is 2.51 bits per heavy atom. The summed E-state index contributed by atoms with van der Waals surface area (Å²) in [7, 11) is 7.03. The first kappa shape index (κ1) is 26.7. The van der Waals surface area contributed by atoms with Crippen LogP contribution in [0.2, 0.25) is 0 Å². The molecule has 0 aliphatic carbocycles. The number of esters is 1. The molecule has 0 amide bonds. The number of rotatable bonds is 7. The number of ether oxygens (including phenoxy) is 3. The second-order valence-corrected chi connectivity index (χ2v) is 10.4. The molecule has 8 nitrogen and oxygen atoms in total. The molecule has 194 valence electrons. The molecule has 1 unspecified atom stereocenters. The number of hydrogen-bond acceptors (Lipinski definition) is 8. The van der Waals surface area contributed by atoms with E-state index in [-0.39, 0.29) is 12.2 Å². The molecular weight excluding hydrogens is 558 g/mol. The van der Waals surface area contributed by atoms with Crippen molar-refractivity contribution in [3.63, 3.8) is 0 Å². The van der Waals surface area contributed by atoms with Crippen LogP contribution in [-0.4, -0.2) is 45.5 Å². The van der Waals surface area contributed by atoms with Gasteiger partial charge in [0.25, 0.3) is 5.56 Å². The molecule has 1 aromatic heterocycles. The lowest BCUT2D eigenvalue weighted by molar-refractivity contribution is -0.139. The second-order valence-electron chi connectivity index (χ2n) is 8.52. The predicted octanol–water partition coefficient (Wildman–Crippen LogP) is 3.64. The van der Waals surface area contributed by atoms with Crippen LogP contribution in [0, 0.1) is 0 Å². The summed E-state index contributed by atoms with van der Waals surface area (Å²) in [6.45, 7) is 3.71. The fourth-order valence-corrected chi connectivity index (χ4v) is 6.05. The molecule has 0 spiro atoms. The van der Waals surface area contributed by atoms with Crippen LogP contribution in [0.15, 0.2) is 61.9 Å². The van der Waals surface area contributed by atoms with Crippen LogP contribution in [0.3, 0.4) is 0 Å². The van der Waals surface area contributed by atoms with Gasteiger partial charge in [0.05, 0.1) is 48.4 Å². The average Bonchev–Trinajstić information content (AvgIpc) is 3.16. The van der Waals surface area contributed by atoms with Crippen LogP contribution in [0.4, 0.5) is 5.69 Å². The molecule has 1 aliphatic rings. The minimum Gasteiger partial charge on any atom is -0.493 e. The van der Waals surface area contributed by atoms with Crippen LogP contribution in [-0.2, 0) is 9.53 Å². The normalized spacial score (nSPS) is 15.2. The largest absolute Gasteiger partial charge is 0.493 e. The lowest BCUT2D eigenvalue weighted by Crippen LogP contribution is -2.40. The lowest BCUT2D eigenvalue weighted by atomic mass is 9.95. The third kappa shape index (κ3) is 5.08. The number of allylic oxidation sites excluding steroid dienone is 1. The van der Waals surface area contributed by atoms with E-state index in [1.165, 1.54) is 11.3 Å². The molecule has 2 heterocycles. The monoisotopic (exact) mass is 585 g/mol. The van der Waals surface area contributed by atoms with E-state index in [4.69, 9.17) is 14.2 Å². The zero-order valence-corrected chi connectivity index (χ0v) is 23.9. The fraction of sp³-hybridized carbons (Fsp3) is 0.296. The number of methoxy groups -OCH3 is 2. The van der Waals surface area contributed by atoms with Gasteiger partial charge >= 0.3 is 5.97 Å². The maximum absolute atomic E-state index is 13.8. The smallest absolute Gasteiger partial charge is 0.338 e. The molecule has 4 rings (SSSR count). The highest BCUT2D eigenvalue weighted by molar-refractivity contribution is 9.10. The zero-order valence-electron chi connectivity index (χ0n) is 21.5. The third-order valence-electron chi connectivity index (χ3n) is 5.99. The van der Waals surface area contributed by atoms with Gasteiger partial charge < -0.3 is 19.1 Å². The van der Waals surface area contributed by atoms with Crippen molar-refractivity contribution in [2.75, 3.05) is 39.8 Å². The van der Waals surface area contributed by atoms with Gasteiger partial charge in [0, 0.05) is 18.6 Å². The Labute approximate surface area is 227 Å². The van der Waals surface area contributed by atoms with Crippen molar-refractivity contribution in [1.82, 2.24) is 4.57 Å². The first-order valence-corrected chi connectivity index (χ1v) is 13.2. The number of carbonyl (C=O) groups is 1. The highest BCUT2D eigenvalue weighted by atomic mass is 79.9. The van der Waals surface area contributed by atoms with Gasteiger partial charge in [0.15, 0.2) is 16.3 Å². The molecule has 0 N–H and O–H groups in total. The van der Waals surface area contributed by atoms with Gasteiger partial charge in [0.2, 0.25) is 0 Å². The number of hydrogen-bond donors (Lipinski definition) is 0. The van der Waals surface area contributed by atoms with Crippen molar-refractivity contribution in [1.29, 1.82) is 0 Å². The Morgan fingerprint density at radius 1 is 1.16 bits per heavy atom. The number of aromatic nitrogens is 1. The van der Waals surface area contributed by atoms with E-state index in [0.717, 1.165) is 15.7 Å². The number of anilines is 1. The van der Waals surface area contributed by atoms with Crippen LogP contribution in [0.25, 0.3) is 6.08 Å². The molecule has 37 heavy (non-hydrogen) atoms. The van der Waals surface area contributed by atoms with Crippen molar-refractivity contribution in [3.8, 4) is 11.5 Å². The standard InChI is InChI=1S/C27H28BrN3O5S/c1-7-36-26(33)23-15(2)29-27-31(24(23)17-9-11-20(34-5)21(14-17)35-6)25(32)22(37-27)13-16-8-10-19(30(3)4)18(28)12-16/h8-14,24H,7H2,1-6H3/b22-13+. The highest BCUT2D eigenvalue weighted by Gasteiger charge is 2.33. The quantitative estimate of drug-likeness (QED) is 0.394. The van der Waals surface area contributed by atoms with Gasteiger partial charge in [-0.15, -0.1) is 0 Å². The van der Waals surface area contributed by atoms with E-state index in [0.29, 0.717) is 37.7 Å². The number of fused-ring (bicyclic) bond motifs is 1. The number of carbonyl (C=O) groups excluding carboxylic acids is 1. The summed E-state index contributed by atoms with van der Waals surface area (Å²) in [6.07, 6.45) is 1.84. The SMILES string of the molecule is CCOC(=O)C1=C(C)N=c2s/c(=C/c3ccc(N(C)C)c(Br)c3)c(=O)n2C1c1ccc(OC)c(OC)c1. The highest BCUT2D eigenvalue weighted by Crippen LogP contribution is 2.36. The van der Waals surface area contributed by atoms with E-state index >= 15 is 0 Å². The number of halogens is 1. The maximum Gasteiger partial charge on any atom is 0.338 e. The summed E-state index contributed by atoms with van der Waals surface area (Å²) in [4.78, 5) is 34.0. The first-order valence-electron chi connectivity index (χ1n) is 11.6. The summed E-state index contributed by atoms with van der Waals surface area (Å²) in [5.74, 6) is 0.524. The third-order valence-corrected chi connectivity index (χ3v) is 7.61. The van der Waals surface area contributed by atoms with E-state index in [9.17, 15) is 9.59 Å². The minimum absolute atomic E-state index is 0.205. The van der Waals surface area contributed by atoms with Gasteiger partial charge in [-0.2, -0.15) is 0 Å². The van der Waals surface area contributed by atoms with Crippen molar-refractivity contribution in [3.05, 3.63) is 83.0 Å². The Morgan fingerprint density at radius 2 is 1.89 bits per heavy atom. The van der Waals surface area contributed by atoms with Crippen LogP contribution >= 0.6 is 27.3 Å². The van der Waals surface area contributed by atoms with Gasteiger partial charge in [-0.3, -0.25) is 9.36 Å². The summed E-state index contributed by atoms with van der Waals surface area (Å²) >= 11 is 4.89. The summed E-state index contributed by atoms with van der Waals surface area (Å²) in [5, 5.41) is 0. The molecule has 0 saturated heterocycles. The Balaban J connectivity index is 1.94. The molecule has 0 radical (unpaired) electrons. The molecular formula is C27H28BrN3O5S. The van der Waals surface area contributed by atoms with Crippen LogP contribution < -0.4 is 29.3 Å². The van der Waals surface area contributed by atoms with Crippen LogP contribution in [0.1, 0.15) is 31.0 Å². The fourth-order valence-electron chi connectivity index (χ4n) is 4.26. The molecule has 2 aromatic carbocycles. The lowest BCUT2D eigenvalue weighted by Gasteiger charge is -2.25. The molecule has 1 atom stereocenters. The van der Waals surface area contributed by atoms with E-state index in [1.54, 1.807) is 44.8 Å². The molecule has 1 aliphatic heterocycles. The molecule has 3 aromatic rings.